The standard InChI is InChI=1S/C25H27NO3/c27-25(21-10-11-23-20(14-21)12-13-28-23)26(16-18-6-2-1-3-7-18)17-22-15-19-8-4-5-9-24(19)29-22/h4-5,8-11,14-15,18H,1-3,6-7,12-13,16-17H2. The summed E-state index contributed by atoms with van der Waals surface area (Å²) in [5.41, 5.74) is 2.76. The van der Waals surface area contributed by atoms with Crippen LogP contribution in [0.25, 0.3) is 11.0 Å². The Morgan fingerprint density at radius 3 is 2.76 bits per heavy atom. The molecule has 0 N–H and O–H groups in total. The van der Waals surface area contributed by atoms with Crippen molar-refractivity contribution in [3.05, 3.63) is 65.4 Å². The van der Waals surface area contributed by atoms with Gasteiger partial charge in [-0.05, 0) is 54.7 Å². The van der Waals surface area contributed by atoms with Gasteiger partial charge in [0.25, 0.3) is 5.91 Å². The number of nitrogens with zero attached hydrogens (tertiary/aromatic N) is 1. The molecule has 5 rings (SSSR count). The summed E-state index contributed by atoms with van der Waals surface area (Å²) in [4.78, 5) is 15.5. The van der Waals surface area contributed by atoms with E-state index in [4.69, 9.17) is 9.15 Å². The van der Waals surface area contributed by atoms with Gasteiger partial charge in [-0.15, -0.1) is 0 Å². The molecule has 0 radical (unpaired) electrons. The van der Waals surface area contributed by atoms with Gasteiger partial charge in [0.2, 0.25) is 0 Å². The molecule has 29 heavy (non-hydrogen) atoms. The summed E-state index contributed by atoms with van der Waals surface area (Å²) in [7, 11) is 0. The number of fused-ring (bicyclic) bond motifs is 2. The van der Waals surface area contributed by atoms with Crippen molar-refractivity contribution in [2.45, 2.75) is 45.1 Å². The van der Waals surface area contributed by atoms with Gasteiger partial charge in [-0.25, -0.2) is 0 Å². The van der Waals surface area contributed by atoms with E-state index in [0.717, 1.165) is 46.6 Å². The molecule has 0 spiro atoms. The van der Waals surface area contributed by atoms with Gasteiger partial charge < -0.3 is 14.1 Å². The van der Waals surface area contributed by atoms with Crippen LogP contribution < -0.4 is 4.74 Å². The number of hydrogen-bond donors (Lipinski definition) is 0. The highest BCUT2D eigenvalue weighted by molar-refractivity contribution is 5.94. The molecular weight excluding hydrogens is 362 g/mol. The van der Waals surface area contributed by atoms with Crippen LogP contribution in [0.3, 0.4) is 0 Å². The van der Waals surface area contributed by atoms with Crippen LogP contribution in [-0.2, 0) is 13.0 Å². The Bertz CT molecular complexity index is 983. The van der Waals surface area contributed by atoms with E-state index in [1.165, 1.54) is 32.1 Å². The minimum absolute atomic E-state index is 0.0886. The van der Waals surface area contributed by atoms with Crippen molar-refractivity contribution in [2.75, 3.05) is 13.2 Å². The van der Waals surface area contributed by atoms with Crippen molar-refractivity contribution in [3.63, 3.8) is 0 Å². The maximum Gasteiger partial charge on any atom is 0.254 e. The molecule has 0 unspecified atom stereocenters. The van der Waals surface area contributed by atoms with E-state index in [1.54, 1.807) is 0 Å². The Kier molecular flexibility index (Phi) is 5.01. The number of ether oxygens (including phenoxy) is 1. The van der Waals surface area contributed by atoms with Crippen LogP contribution in [0.1, 0.15) is 53.8 Å². The molecule has 1 amide bonds. The smallest absolute Gasteiger partial charge is 0.254 e. The first-order valence-electron chi connectivity index (χ1n) is 10.8. The lowest BCUT2D eigenvalue weighted by molar-refractivity contribution is 0.0686. The zero-order chi connectivity index (χ0) is 19.6. The van der Waals surface area contributed by atoms with Crippen LogP contribution in [0, 0.1) is 5.92 Å². The number of carbonyl (C=O) groups excluding carboxylic acids is 1. The number of para-hydroxylation sites is 1. The largest absolute Gasteiger partial charge is 0.493 e. The Morgan fingerprint density at radius 2 is 1.90 bits per heavy atom. The Hall–Kier alpha value is -2.75. The maximum atomic E-state index is 13.5. The Balaban J connectivity index is 1.41. The molecule has 1 aromatic heterocycles. The fraction of sp³-hybridized carbons (Fsp3) is 0.400. The molecule has 2 heterocycles. The molecule has 1 saturated carbocycles. The maximum absolute atomic E-state index is 13.5. The normalized spacial score (nSPS) is 16.6. The molecule has 1 aliphatic heterocycles. The lowest BCUT2D eigenvalue weighted by atomic mass is 9.88. The van der Waals surface area contributed by atoms with E-state index in [2.05, 4.69) is 12.1 Å². The van der Waals surface area contributed by atoms with Crippen LogP contribution in [0.5, 0.6) is 5.75 Å². The summed E-state index contributed by atoms with van der Waals surface area (Å²) in [6.07, 6.45) is 7.16. The molecule has 1 fully saturated rings. The van der Waals surface area contributed by atoms with Crippen LogP contribution in [0.15, 0.2) is 52.9 Å². The van der Waals surface area contributed by atoms with Crippen molar-refractivity contribution < 1.29 is 13.9 Å². The lowest BCUT2D eigenvalue weighted by Gasteiger charge is -2.29. The van der Waals surface area contributed by atoms with E-state index in [1.807, 2.05) is 41.3 Å². The van der Waals surface area contributed by atoms with E-state index < -0.39 is 0 Å². The molecule has 2 aliphatic rings. The van der Waals surface area contributed by atoms with Gasteiger partial charge in [-0.3, -0.25) is 4.79 Å². The van der Waals surface area contributed by atoms with E-state index in [9.17, 15) is 4.79 Å². The molecule has 1 aliphatic carbocycles. The van der Waals surface area contributed by atoms with Crippen LogP contribution >= 0.6 is 0 Å². The monoisotopic (exact) mass is 389 g/mol. The summed E-state index contributed by atoms with van der Waals surface area (Å²) >= 11 is 0. The van der Waals surface area contributed by atoms with E-state index >= 15 is 0 Å². The first-order valence-corrected chi connectivity index (χ1v) is 10.8. The van der Waals surface area contributed by atoms with E-state index in [0.29, 0.717) is 19.1 Å². The van der Waals surface area contributed by atoms with Gasteiger partial charge in [0.05, 0.1) is 13.2 Å². The number of rotatable bonds is 5. The van der Waals surface area contributed by atoms with Gasteiger partial charge in [-0.1, -0.05) is 37.5 Å². The zero-order valence-electron chi connectivity index (χ0n) is 16.7. The lowest BCUT2D eigenvalue weighted by Crippen LogP contribution is -2.35. The van der Waals surface area contributed by atoms with Crippen molar-refractivity contribution in [1.82, 2.24) is 4.90 Å². The number of carbonyl (C=O) groups is 1. The highest BCUT2D eigenvalue weighted by Crippen LogP contribution is 2.29. The van der Waals surface area contributed by atoms with Gasteiger partial charge in [0.15, 0.2) is 0 Å². The van der Waals surface area contributed by atoms with Crippen LogP contribution in [0.4, 0.5) is 0 Å². The molecule has 0 bridgehead atoms. The van der Waals surface area contributed by atoms with Crippen molar-refractivity contribution >= 4 is 16.9 Å². The van der Waals surface area contributed by atoms with E-state index in [-0.39, 0.29) is 5.91 Å². The summed E-state index contributed by atoms with van der Waals surface area (Å²) < 4.78 is 11.6. The van der Waals surface area contributed by atoms with Crippen molar-refractivity contribution in [1.29, 1.82) is 0 Å². The van der Waals surface area contributed by atoms with Crippen molar-refractivity contribution in [2.24, 2.45) is 5.92 Å². The van der Waals surface area contributed by atoms with Gasteiger partial charge >= 0.3 is 0 Å². The fourth-order valence-corrected chi connectivity index (χ4v) is 4.71. The summed E-state index contributed by atoms with van der Waals surface area (Å²) in [5.74, 6) is 2.43. The topological polar surface area (TPSA) is 42.7 Å². The molecule has 0 atom stereocenters. The van der Waals surface area contributed by atoms with Gasteiger partial charge in [0.1, 0.15) is 17.1 Å². The second kappa shape index (κ2) is 7.94. The first kappa shape index (κ1) is 18.3. The number of hydrogen-bond acceptors (Lipinski definition) is 3. The van der Waals surface area contributed by atoms with Gasteiger partial charge in [-0.2, -0.15) is 0 Å². The summed E-state index contributed by atoms with van der Waals surface area (Å²) in [6.45, 7) is 2.01. The number of benzene rings is 2. The predicted molar refractivity (Wildman–Crippen MR) is 113 cm³/mol. The molecule has 0 saturated heterocycles. The second-order valence-corrected chi connectivity index (χ2v) is 8.36. The number of furan rings is 1. The first-order chi connectivity index (χ1) is 14.3. The third-order valence-electron chi connectivity index (χ3n) is 6.25. The molecule has 3 aromatic rings. The minimum atomic E-state index is 0.0886. The van der Waals surface area contributed by atoms with Gasteiger partial charge in [0, 0.05) is 23.9 Å². The predicted octanol–water partition coefficient (Wildman–Crippen LogP) is 5.59. The second-order valence-electron chi connectivity index (χ2n) is 8.36. The molecule has 2 aromatic carbocycles. The fourth-order valence-electron chi connectivity index (χ4n) is 4.71. The molecule has 4 nitrogen and oxygen atoms in total. The third-order valence-corrected chi connectivity index (χ3v) is 6.25. The average Bonchev–Trinajstić information content (AvgIpc) is 3.39. The van der Waals surface area contributed by atoms with Crippen LogP contribution in [-0.4, -0.2) is 24.0 Å². The Labute approximate surface area is 171 Å². The highest BCUT2D eigenvalue weighted by Gasteiger charge is 2.24. The highest BCUT2D eigenvalue weighted by atomic mass is 16.5. The summed E-state index contributed by atoms with van der Waals surface area (Å²) in [5, 5.41) is 1.09. The number of amides is 1. The zero-order valence-corrected chi connectivity index (χ0v) is 16.7. The molecular formula is C25H27NO3. The summed E-state index contributed by atoms with van der Waals surface area (Å²) in [6, 6.07) is 15.9. The molecule has 150 valence electrons. The van der Waals surface area contributed by atoms with Crippen LogP contribution in [0.2, 0.25) is 0 Å². The SMILES string of the molecule is O=C(c1ccc2c(c1)CCO2)N(Cc1cc2ccccc2o1)CC1CCCCC1. The van der Waals surface area contributed by atoms with Crippen molar-refractivity contribution in [3.8, 4) is 5.75 Å². The minimum Gasteiger partial charge on any atom is -0.493 e. The Morgan fingerprint density at radius 1 is 1.03 bits per heavy atom. The average molecular weight is 389 g/mol. The third kappa shape index (κ3) is 3.89. The quantitative estimate of drug-likeness (QED) is 0.571. The molecule has 4 heteroatoms.